The monoisotopic (exact) mass is 293 g/mol. The summed E-state index contributed by atoms with van der Waals surface area (Å²) in [4.78, 5) is 11.4. The van der Waals surface area contributed by atoms with Gasteiger partial charge in [0.05, 0.1) is 11.3 Å². The first kappa shape index (κ1) is 13.6. The normalized spacial score (nSPS) is 11.3. The van der Waals surface area contributed by atoms with Gasteiger partial charge in [-0.05, 0) is 6.92 Å². The van der Waals surface area contributed by atoms with E-state index in [1.54, 1.807) is 6.92 Å². The number of halogens is 3. The van der Waals surface area contributed by atoms with Crippen LogP contribution >= 0.6 is 11.6 Å². The minimum atomic E-state index is -3.00. The molecule has 1 N–H and O–H groups in total. The minimum absolute atomic E-state index is 0.0530. The van der Waals surface area contributed by atoms with Crippen LogP contribution in [0.25, 0.3) is 0 Å². The molecule has 6 nitrogen and oxygen atoms in total. The van der Waals surface area contributed by atoms with Crippen LogP contribution in [-0.2, 0) is 13.5 Å². The topological polar surface area (TPSA) is 73.0 Å². The lowest BCUT2D eigenvalue weighted by Gasteiger charge is -2.03. The molecule has 0 amide bonds. The second-order valence-corrected chi connectivity index (χ2v) is 4.19. The maximum Gasteiger partial charge on any atom is 0.388 e. The second kappa shape index (κ2) is 5.04. The van der Waals surface area contributed by atoms with Gasteiger partial charge >= 0.3 is 6.61 Å². The van der Waals surface area contributed by atoms with Crippen LogP contribution < -0.4 is 10.3 Å². The highest BCUT2D eigenvalue weighted by atomic mass is 35.5. The van der Waals surface area contributed by atoms with E-state index in [2.05, 4.69) is 15.0 Å². The molecule has 0 fully saturated rings. The number of nitrogens with one attached hydrogen (secondary N) is 1. The van der Waals surface area contributed by atoms with Crippen LogP contribution in [0.3, 0.4) is 0 Å². The van der Waals surface area contributed by atoms with Crippen molar-refractivity contribution in [3.05, 3.63) is 32.4 Å². The number of H-pyrrole nitrogens is 1. The maximum absolute atomic E-state index is 12.2. The zero-order valence-electron chi connectivity index (χ0n) is 10.0. The molecule has 2 heterocycles. The number of hydrogen-bond donors (Lipinski definition) is 1. The van der Waals surface area contributed by atoms with Crippen LogP contribution in [-0.4, -0.2) is 21.5 Å². The van der Waals surface area contributed by atoms with Gasteiger partial charge in [-0.3, -0.25) is 4.79 Å². The molecule has 9 heteroatoms. The summed E-state index contributed by atoms with van der Waals surface area (Å²) in [5.41, 5.74) is 0.189. The van der Waals surface area contributed by atoms with Crippen molar-refractivity contribution in [1.82, 2.24) is 14.9 Å². The van der Waals surface area contributed by atoms with Gasteiger partial charge in [0.25, 0.3) is 5.56 Å². The lowest BCUT2D eigenvalue weighted by atomic mass is 10.1. The number of nitrogens with zero attached hydrogens (tertiary/aromatic N) is 2. The molecule has 0 radical (unpaired) electrons. The number of aromatic amines is 1. The number of aromatic nitrogens is 3. The van der Waals surface area contributed by atoms with Crippen LogP contribution in [0.1, 0.15) is 17.0 Å². The molecule has 0 saturated heterocycles. The quantitative estimate of drug-likeness (QED) is 0.934. The molecule has 0 saturated carbocycles. The molecule has 0 aliphatic carbocycles. The van der Waals surface area contributed by atoms with Crippen LogP contribution in [0.2, 0.25) is 5.02 Å². The molecule has 0 bridgehead atoms. The Labute approximate surface area is 110 Å². The fourth-order valence-electron chi connectivity index (χ4n) is 1.64. The van der Waals surface area contributed by atoms with E-state index in [1.165, 1.54) is 7.05 Å². The van der Waals surface area contributed by atoms with E-state index < -0.39 is 12.2 Å². The smallest absolute Gasteiger partial charge is 0.388 e. The maximum atomic E-state index is 12.2. The van der Waals surface area contributed by atoms with E-state index >= 15 is 0 Å². The number of hydrogen-bond acceptors (Lipinski definition) is 4. The summed E-state index contributed by atoms with van der Waals surface area (Å²) in [6, 6.07) is 0. The first-order chi connectivity index (χ1) is 8.90. The van der Waals surface area contributed by atoms with Crippen LogP contribution in [0.4, 0.5) is 8.78 Å². The lowest BCUT2D eigenvalue weighted by Crippen LogP contribution is -2.07. The van der Waals surface area contributed by atoms with E-state index in [1.807, 2.05) is 0 Å². The molecule has 2 aromatic heterocycles. The average molecular weight is 294 g/mol. The van der Waals surface area contributed by atoms with Gasteiger partial charge in [0.2, 0.25) is 5.88 Å². The Bertz CT molecular complexity index is 647. The van der Waals surface area contributed by atoms with E-state index in [4.69, 9.17) is 16.1 Å². The van der Waals surface area contributed by atoms with Gasteiger partial charge in [0.15, 0.2) is 0 Å². The van der Waals surface area contributed by atoms with Crippen molar-refractivity contribution >= 4 is 11.6 Å². The zero-order valence-corrected chi connectivity index (χ0v) is 10.8. The Morgan fingerprint density at radius 3 is 2.79 bits per heavy atom. The zero-order chi connectivity index (χ0) is 14.2. The van der Waals surface area contributed by atoms with Crippen molar-refractivity contribution < 1.29 is 18.0 Å². The summed E-state index contributed by atoms with van der Waals surface area (Å²) in [5, 5.41) is 6.07. The summed E-state index contributed by atoms with van der Waals surface area (Å²) in [7, 11) is 1.42. The summed E-state index contributed by atoms with van der Waals surface area (Å²) in [6.07, 6.45) is 0.0664. The first-order valence-corrected chi connectivity index (χ1v) is 5.61. The molecule has 0 aromatic carbocycles. The Morgan fingerprint density at radius 2 is 2.26 bits per heavy atom. The van der Waals surface area contributed by atoms with Crippen molar-refractivity contribution in [3.8, 4) is 5.88 Å². The SMILES string of the molecule is Cc1o[nH]c(=O)c1Cc1nn(C)c(OC(F)F)c1Cl. The summed E-state index contributed by atoms with van der Waals surface area (Å²) in [6.45, 7) is -1.40. The molecule has 104 valence electrons. The van der Waals surface area contributed by atoms with Gasteiger partial charge in [-0.25, -0.2) is 4.68 Å². The number of aryl methyl sites for hydroxylation is 2. The fraction of sp³-hybridized carbons (Fsp3) is 0.400. The third kappa shape index (κ3) is 2.62. The van der Waals surface area contributed by atoms with Crippen molar-refractivity contribution in [2.75, 3.05) is 0 Å². The average Bonchev–Trinajstić information content (AvgIpc) is 2.77. The molecule has 2 aromatic rings. The molecule has 0 unspecified atom stereocenters. The Hall–Kier alpha value is -1.83. The van der Waals surface area contributed by atoms with Gasteiger partial charge in [-0.1, -0.05) is 11.6 Å². The summed E-state index contributed by atoms with van der Waals surface area (Å²) >= 11 is 5.91. The van der Waals surface area contributed by atoms with Gasteiger partial charge in [-0.15, -0.1) is 0 Å². The number of rotatable bonds is 4. The molecular formula is C10H10ClF2N3O3. The summed E-state index contributed by atoms with van der Waals surface area (Å²) < 4.78 is 34.6. The van der Waals surface area contributed by atoms with Crippen molar-refractivity contribution in [2.45, 2.75) is 20.0 Å². The van der Waals surface area contributed by atoms with Crippen LogP contribution in [0.5, 0.6) is 5.88 Å². The predicted molar refractivity (Wildman–Crippen MR) is 61.7 cm³/mol. The highest BCUT2D eigenvalue weighted by Crippen LogP contribution is 2.30. The molecule has 0 aliphatic rings. The Morgan fingerprint density at radius 1 is 1.58 bits per heavy atom. The summed E-state index contributed by atoms with van der Waals surface area (Å²) in [5.74, 6) is 0.146. The van der Waals surface area contributed by atoms with E-state index in [0.717, 1.165) is 4.68 Å². The first-order valence-electron chi connectivity index (χ1n) is 5.23. The Kier molecular flexibility index (Phi) is 3.61. The fourth-order valence-corrected chi connectivity index (χ4v) is 1.91. The molecule has 19 heavy (non-hydrogen) atoms. The second-order valence-electron chi connectivity index (χ2n) is 3.81. The van der Waals surface area contributed by atoms with Crippen LogP contribution in [0.15, 0.2) is 9.32 Å². The van der Waals surface area contributed by atoms with Gasteiger partial charge in [0, 0.05) is 13.5 Å². The molecule has 2 rings (SSSR count). The van der Waals surface area contributed by atoms with Crippen LogP contribution in [0, 0.1) is 6.92 Å². The van der Waals surface area contributed by atoms with Crippen molar-refractivity contribution in [2.24, 2.45) is 7.05 Å². The van der Waals surface area contributed by atoms with E-state index in [0.29, 0.717) is 11.3 Å². The van der Waals surface area contributed by atoms with Gasteiger partial charge < -0.3 is 9.26 Å². The van der Waals surface area contributed by atoms with Crippen molar-refractivity contribution in [3.63, 3.8) is 0 Å². The van der Waals surface area contributed by atoms with Crippen molar-refractivity contribution in [1.29, 1.82) is 0 Å². The van der Waals surface area contributed by atoms with Gasteiger partial charge in [0.1, 0.15) is 10.8 Å². The third-order valence-electron chi connectivity index (χ3n) is 2.55. The number of alkyl halides is 2. The highest BCUT2D eigenvalue weighted by Gasteiger charge is 2.21. The Balaban J connectivity index is 2.34. The highest BCUT2D eigenvalue weighted by molar-refractivity contribution is 6.32. The molecule has 0 atom stereocenters. The van der Waals surface area contributed by atoms with E-state index in [9.17, 15) is 13.6 Å². The third-order valence-corrected chi connectivity index (χ3v) is 2.93. The van der Waals surface area contributed by atoms with Gasteiger partial charge in [-0.2, -0.15) is 19.0 Å². The predicted octanol–water partition coefficient (Wildman–Crippen LogP) is 1.86. The molecular weight excluding hydrogens is 284 g/mol. The number of ether oxygens (including phenoxy) is 1. The molecule has 0 spiro atoms. The largest absolute Gasteiger partial charge is 0.416 e. The molecule has 0 aliphatic heterocycles. The lowest BCUT2D eigenvalue weighted by molar-refractivity contribution is -0.0552. The van der Waals surface area contributed by atoms with E-state index in [-0.39, 0.29) is 23.0 Å². The minimum Gasteiger partial charge on any atom is -0.416 e. The standard InChI is InChI=1S/C10H10ClF2N3O3/c1-4-5(8(17)15-19-4)3-6-7(11)9(16(2)14-6)18-10(12)13/h10H,3H2,1-2H3,(H,15,17).